The van der Waals surface area contributed by atoms with Crippen LogP contribution in [0.25, 0.3) is 0 Å². The van der Waals surface area contributed by atoms with Gasteiger partial charge in [0.2, 0.25) is 17.7 Å². The first-order valence-electron chi connectivity index (χ1n) is 9.77. The van der Waals surface area contributed by atoms with Crippen LogP contribution in [0, 0.1) is 0 Å². The first-order chi connectivity index (χ1) is 16.3. The van der Waals surface area contributed by atoms with E-state index in [1.807, 2.05) is 5.32 Å². The van der Waals surface area contributed by atoms with Crippen molar-refractivity contribution in [1.29, 1.82) is 0 Å². The van der Waals surface area contributed by atoms with Crippen molar-refractivity contribution in [2.45, 2.75) is 43.4 Å². The lowest BCUT2D eigenvalue weighted by Gasteiger charge is -2.23. The Morgan fingerprint density at radius 3 is 1.74 bits per heavy atom. The van der Waals surface area contributed by atoms with E-state index in [1.165, 1.54) is 0 Å². The normalized spacial score (nSPS) is 14.0. The van der Waals surface area contributed by atoms with Crippen LogP contribution in [-0.2, 0) is 33.6 Å². The van der Waals surface area contributed by atoms with Crippen LogP contribution in [0.5, 0.6) is 0 Å². The number of nitrogens with two attached hydrogens (primary N) is 2. The largest absolute Gasteiger partial charge is 0.481 e. The summed E-state index contributed by atoms with van der Waals surface area (Å²) >= 11 is 0. The number of aliphatic carboxylic acids is 4. The molecule has 35 heavy (non-hydrogen) atoms. The van der Waals surface area contributed by atoms with Gasteiger partial charge in [-0.3, -0.25) is 28.8 Å². The zero-order chi connectivity index (χ0) is 27.1. The van der Waals surface area contributed by atoms with Gasteiger partial charge in [-0.15, -0.1) is 0 Å². The number of amides is 3. The van der Waals surface area contributed by atoms with Crippen LogP contribution in [0.4, 0.5) is 0 Å². The number of hydrogen-bond acceptors (Lipinski definition) is 11. The maximum Gasteiger partial charge on any atom is 0.326 e. The Morgan fingerprint density at radius 2 is 1.26 bits per heavy atom. The van der Waals surface area contributed by atoms with E-state index in [0.717, 1.165) is 21.6 Å². The molecule has 11 N–H and O–H groups in total. The van der Waals surface area contributed by atoms with Crippen molar-refractivity contribution in [3.05, 3.63) is 0 Å². The van der Waals surface area contributed by atoms with Crippen molar-refractivity contribution in [3.63, 3.8) is 0 Å². The Hall–Kier alpha value is -3.09. The lowest BCUT2D eigenvalue weighted by atomic mass is 10.1. The molecule has 0 aliphatic rings. The predicted molar refractivity (Wildman–Crippen MR) is 122 cm³/mol. The molecule has 0 spiro atoms. The van der Waals surface area contributed by atoms with E-state index < -0.39 is 91.6 Å². The summed E-state index contributed by atoms with van der Waals surface area (Å²) in [6.07, 6.45) is -2.04. The van der Waals surface area contributed by atoms with Crippen LogP contribution in [0.15, 0.2) is 0 Å². The molecule has 0 saturated heterocycles. The zero-order valence-electron chi connectivity index (χ0n) is 18.2. The molecule has 0 heterocycles. The van der Waals surface area contributed by atoms with Gasteiger partial charge in [0.25, 0.3) is 0 Å². The molecule has 0 aromatic heterocycles. The van der Waals surface area contributed by atoms with E-state index >= 15 is 0 Å². The van der Waals surface area contributed by atoms with Crippen molar-refractivity contribution >= 4 is 63.2 Å². The number of carbonyl (C=O) groups excluding carboxylic acids is 3. The monoisotopic (exact) mass is 541 g/mol. The van der Waals surface area contributed by atoms with Crippen molar-refractivity contribution in [1.82, 2.24) is 16.0 Å². The Bertz CT molecular complexity index is 813. The molecule has 0 fully saturated rings. The quantitative estimate of drug-likeness (QED) is 0.0604. The molecule has 0 aliphatic carbocycles. The van der Waals surface area contributed by atoms with E-state index in [0.29, 0.717) is 0 Å². The Morgan fingerprint density at radius 1 is 0.714 bits per heavy atom. The maximum absolute atomic E-state index is 12.7. The molecule has 16 nitrogen and oxygen atoms in total. The average Bonchev–Trinajstić information content (AvgIpc) is 2.76. The molecule has 0 aromatic carbocycles. The van der Waals surface area contributed by atoms with Gasteiger partial charge < -0.3 is 47.8 Å². The summed E-state index contributed by atoms with van der Waals surface area (Å²) in [7, 11) is 1.95. The van der Waals surface area contributed by atoms with E-state index in [9.17, 15) is 33.6 Å². The molecule has 18 heteroatoms. The van der Waals surface area contributed by atoms with Gasteiger partial charge in [-0.2, -0.15) is 0 Å². The minimum Gasteiger partial charge on any atom is -0.481 e. The molecule has 4 atom stereocenters. The summed E-state index contributed by atoms with van der Waals surface area (Å²) in [6.45, 7) is -0.492. The van der Waals surface area contributed by atoms with Crippen LogP contribution in [-0.4, -0.2) is 104 Å². The molecule has 3 amide bonds. The highest BCUT2D eigenvalue weighted by molar-refractivity contribution is 8.76. The Balaban J connectivity index is 5.37. The third-order valence-corrected chi connectivity index (χ3v) is 6.44. The second kappa shape index (κ2) is 16.5. The number of hydrogen-bond donors (Lipinski definition) is 9. The van der Waals surface area contributed by atoms with E-state index in [4.69, 9.17) is 31.9 Å². The van der Waals surface area contributed by atoms with Gasteiger partial charge >= 0.3 is 23.9 Å². The average molecular weight is 542 g/mol. The smallest absolute Gasteiger partial charge is 0.326 e. The summed E-state index contributed by atoms with van der Waals surface area (Å²) in [6, 6.07) is -5.92. The highest BCUT2D eigenvalue weighted by Gasteiger charge is 2.31. The summed E-state index contributed by atoms with van der Waals surface area (Å²) in [4.78, 5) is 80.8. The molecule has 0 saturated carbocycles. The number of nitrogens with one attached hydrogen (secondary N) is 3. The fraction of sp³-hybridized carbons (Fsp3) is 0.588. The highest BCUT2D eigenvalue weighted by Crippen LogP contribution is 2.22. The summed E-state index contributed by atoms with van der Waals surface area (Å²) < 4.78 is 0. The SMILES string of the molecule is NCC(=O)N[C@@H](CSSC[C@@H](N)C(=O)O)C(=O)N[C@@H](CC(=O)O)C(=O)N[C@@H](CCC(=O)O)C(=O)O. The zero-order valence-corrected chi connectivity index (χ0v) is 19.8. The Kier molecular flexibility index (Phi) is 15.1. The minimum atomic E-state index is -1.76. The van der Waals surface area contributed by atoms with Gasteiger partial charge in [0, 0.05) is 17.9 Å². The van der Waals surface area contributed by atoms with E-state index in [-0.39, 0.29) is 11.5 Å². The van der Waals surface area contributed by atoms with Gasteiger partial charge in [0.15, 0.2) is 0 Å². The van der Waals surface area contributed by atoms with Crippen molar-refractivity contribution in [2.75, 3.05) is 18.1 Å². The minimum absolute atomic E-state index is 0.0316. The molecule has 0 radical (unpaired) electrons. The Labute approximate surface area is 206 Å². The van der Waals surface area contributed by atoms with Gasteiger partial charge in [-0.1, -0.05) is 21.6 Å². The second-order valence-electron chi connectivity index (χ2n) is 6.83. The number of carboxylic acids is 4. The molecule has 0 aliphatic heterocycles. The van der Waals surface area contributed by atoms with Gasteiger partial charge in [0.1, 0.15) is 24.2 Å². The van der Waals surface area contributed by atoms with E-state index in [2.05, 4.69) is 10.6 Å². The molecule has 0 unspecified atom stereocenters. The molecular formula is C17H27N5O11S2. The number of carbonyl (C=O) groups is 7. The standard InChI is InChI=1S/C17H27N5O11S2/c18-4-11(23)20-10(6-35-34-5-7(19)16(30)31)15(29)22-9(3-13(26)27)14(28)21-8(17(32)33)1-2-12(24)25/h7-10H,1-6,18-19H2,(H,20,23)(H,21,28)(H,22,29)(H,24,25)(H,26,27)(H,30,31)(H,32,33)/t7-,8+,9+,10+/m1/s1. The van der Waals surface area contributed by atoms with Crippen LogP contribution < -0.4 is 27.4 Å². The topological polar surface area (TPSA) is 289 Å². The van der Waals surface area contributed by atoms with Gasteiger partial charge in [0.05, 0.1) is 13.0 Å². The highest BCUT2D eigenvalue weighted by atomic mass is 33.1. The first kappa shape index (κ1) is 31.9. The molecular weight excluding hydrogens is 514 g/mol. The summed E-state index contributed by atoms with van der Waals surface area (Å²) in [5, 5.41) is 42.1. The van der Waals surface area contributed by atoms with Crippen molar-refractivity contribution in [3.8, 4) is 0 Å². The van der Waals surface area contributed by atoms with Crippen molar-refractivity contribution in [2.24, 2.45) is 11.5 Å². The van der Waals surface area contributed by atoms with Crippen LogP contribution in [0.3, 0.4) is 0 Å². The second-order valence-corrected chi connectivity index (χ2v) is 9.38. The molecule has 0 rings (SSSR count). The van der Waals surface area contributed by atoms with Crippen LogP contribution in [0.2, 0.25) is 0 Å². The third-order valence-electron chi connectivity index (χ3n) is 3.99. The van der Waals surface area contributed by atoms with Gasteiger partial charge in [-0.05, 0) is 6.42 Å². The first-order valence-corrected chi connectivity index (χ1v) is 12.3. The van der Waals surface area contributed by atoms with Crippen LogP contribution >= 0.6 is 21.6 Å². The van der Waals surface area contributed by atoms with Crippen LogP contribution in [0.1, 0.15) is 19.3 Å². The van der Waals surface area contributed by atoms with E-state index in [1.54, 1.807) is 0 Å². The molecule has 0 aromatic rings. The number of rotatable bonds is 18. The van der Waals surface area contributed by atoms with Gasteiger partial charge in [-0.25, -0.2) is 4.79 Å². The molecule has 0 bridgehead atoms. The summed E-state index contributed by atoms with van der Waals surface area (Å²) in [5.41, 5.74) is 10.6. The fourth-order valence-corrected chi connectivity index (χ4v) is 4.48. The third kappa shape index (κ3) is 14.0. The maximum atomic E-state index is 12.7. The molecule has 198 valence electrons. The predicted octanol–water partition coefficient (Wildman–Crippen LogP) is -3.38. The summed E-state index contributed by atoms with van der Waals surface area (Å²) in [5.74, 6) is -8.77. The van der Waals surface area contributed by atoms with Crippen molar-refractivity contribution < 1.29 is 54.0 Å². The number of carboxylic acid groups (broad SMARTS) is 4. The lowest BCUT2D eigenvalue weighted by Crippen LogP contribution is -2.57. The fourth-order valence-electron chi connectivity index (χ4n) is 2.20. The lowest BCUT2D eigenvalue weighted by molar-refractivity contribution is -0.144.